The molecule has 0 unspecified atom stereocenters. The second-order valence-corrected chi connectivity index (χ2v) is 10.4. The Kier molecular flexibility index (Phi) is 14.5. The number of pyridine rings is 2. The fraction of sp³-hybridized carbons (Fsp3) is 0.0833. The van der Waals surface area contributed by atoms with Crippen LogP contribution in [0, 0.1) is 0 Å². The molecule has 4 heterocycles. The van der Waals surface area contributed by atoms with Crippen LogP contribution in [0.5, 0.6) is 0 Å². The van der Waals surface area contributed by atoms with Gasteiger partial charge in [-0.3, -0.25) is 19.6 Å². The highest BCUT2D eigenvalue weighted by molar-refractivity contribution is 9.11. The molecular formula is C24H20BBrN2O8S2. The van der Waals surface area contributed by atoms with Crippen molar-refractivity contribution in [1.29, 1.82) is 0 Å². The number of rotatable bonds is 5. The van der Waals surface area contributed by atoms with Gasteiger partial charge in [-0.05, 0) is 66.2 Å². The van der Waals surface area contributed by atoms with Crippen LogP contribution in [0.2, 0.25) is 0 Å². The minimum Gasteiger partial charge on any atom is -0.478 e. The van der Waals surface area contributed by atoms with Crippen LogP contribution in [0.3, 0.4) is 0 Å². The van der Waals surface area contributed by atoms with Gasteiger partial charge in [0.2, 0.25) is 0 Å². The molecule has 0 bridgehead atoms. The zero-order valence-electron chi connectivity index (χ0n) is 19.9. The molecule has 4 aromatic heterocycles. The van der Waals surface area contributed by atoms with E-state index in [4.69, 9.17) is 24.7 Å². The highest BCUT2D eigenvalue weighted by Gasteiger charge is 2.10. The van der Waals surface area contributed by atoms with Crippen molar-refractivity contribution >= 4 is 74.9 Å². The van der Waals surface area contributed by atoms with Crippen LogP contribution >= 0.6 is 38.6 Å². The Bertz CT molecular complexity index is 1390. The number of thiophene rings is 2. The molecule has 0 radical (unpaired) electrons. The van der Waals surface area contributed by atoms with E-state index >= 15 is 0 Å². The third-order valence-corrected chi connectivity index (χ3v) is 7.09. The second kappa shape index (κ2) is 17.0. The number of aromatic carboxylic acids is 1. The van der Waals surface area contributed by atoms with Crippen molar-refractivity contribution in [3.8, 4) is 10.4 Å². The number of carbonyl (C=O) groups is 3. The number of hydrogen-bond acceptors (Lipinski definition) is 11. The Morgan fingerprint density at radius 3 is 1.89 bits per heavy atom. The summed E-state index contributed by atoms with van der Waals surface area (Å²) in [5.41, 5.74) is 1.26. The van der Waals surface area contributed by atoms with E-state index in [1.165, 1.54) is 42.0 Å². The summed E-state index contributed by atoms with van der Waals surface area (Å²) in [7, 11) is -1.40. The molecule has 0 aliphatic rings. The SMILES string of the molecule is CC(=O)c1ccc(-c2cncc(C(=O)O)c2)s1.CC(=O)c1ccc(Br)s1.O=C=O.OB(O)c1cccnc1. The first kappa shape index (κ1) is 32.4. The van der Waals surface area contributed by atoms with Crippen molar-refractivity contribution in [3.05, 3.63) is 86.4 Å². The molecule has 14 heteroatoms. The number of carbonyl (C=O) groups excluding carboxylic acids is 4. The fourth-order valence-corrected chi connectivity index (χ4v) is 4.57. The van der Waals surface area contributed by atoms with Gasteiger partial charge in [0.15, 0.2) is 11.6 Å². The summed E-state index contributed by atoms with van der Waals surface area (Å²) in [5.74, 6) is -0.878. The molecule has 0 atom stereocenters. The maximum Gasteiger partial charge on any atom is 0.490 e. The normalized spacial score (nSPS) is 9.18. The maximum absolute atomic E-state index is 11.2. The van der Waals surface area contributed by atoms with Crippen LogP contribution in [0.25, 0.3) is 10.4 Å². The standard InChI is InChI=1S/C12H9NO3S.C6H5BrOS.C5H6BNO2.CO2/c1-7(14)10-2-3-11(17-10)8-4-9(12(15)16)6-13-5-8;1-4(8)5-2-3-6(7)9-5;8-6(9)5-2-1-3-7-4-5;2-1-3/h2-6H,1H3,(H,15,16);2-3H,1H3;1-4,8-9H;. The van der Waals surface area contributed by atoms with Crippen molar-refractivity contribution in [2.45, 2.75) is 13.8 Å². The molecule has 0 aliphatic carbocycles. The third kappa shape index (κ3) is 11.6. The number of carboxylic acid groups (broad SMARTS) is 1. The molecule has 4 rings (SSSR count). The summed E-state index contributed by atoms with van der Waals surface area (Å²) < 4.78 is 1.01. The topological polar surface area (TPSA) is 172 Å². The lowest BCUT2D eigenvalue weighted by Gasteiger charge is -1.98. The molecule has 0 saturated carbocycles. The number of aromatic nitrogens is 2. The first-order valence-corrected chi connectivity index (χ1v) is 12.7. The van der Waals surface area contributed by atoms with Gasteiger partial charge in [-0.1, -0.05) is 6.07 Å². The Hall–Kier alpha value is -3.65. The summed E-state index contributed by atoms with van der Waals surface area (Å²) in [6.45, 7) is 3.07. The minimum absolute atomic E-state index is 0.00333. The van der Waals surface area contributed by atoms with E-state index in [2.05, 4.69) is 25.9 Å². The Balaban J connectivity index is 0.000000292. The smallest absolute Gasteiger partial charge is 0.478 e. The van der Waals surface area contributed by atoms with Crippen molar-refractivity contribution in [1.82, 2.24) is 9.97 Å². The van der Waals surface area contributed by atoms with Crippen LogP contribution in [0.15, 0.2) is 71.0 Å². The predicted molar refractivity (Wildman–Crippen MR) is 146 cm³/mol. The van der Waals surface area contributed by atoms with Crippen molar-refractivity contribution < 1.29 is 39.1 Å². The van der Waals surface area contributed by atoms with E-state index in [1.54, 1.807) is 49.6 Å². The van der Waals surface area contributed by atoms with Crippen LogP contribution < -0.4 is 5.46 Å². The van der Waals surface area contributed by atoms with Gasteiger partial charge < -0.3 is 15.2 Å². The van der Waals surface area contributed by atoms with Gasteiger partial charge in [-0.15, -0.1) is 22.7 Å². The molecule has 0 spiro atoms. The first-order chi connectivity index (χ1) is 18.0. The second-order valence-electron chi connectivity index (χ2n) is 6.89. The fourth-order valence-electron chi connectivity index (χ4n) is 2.41. The molecule has 0 saturated heterocycles. The molecular weight excluding hydrogens is 599 g/mol. The molecule has 0 fully saturated rings. The third-order valence-electron chi connectivity index (χ3n) is 4.13. The average Bonchev–Trinajstić information content (AvgIpc) is 3.56. The molecule has 0 aromatic carbocycles. The van der Waals surface area contributed by atoms with E-state index in [9.17, 15) is 14.4 Å². The van der Waals surface area contributed by atoms with Gasteiger partial charge in [0.25, 0.3) is 0 Å². The molecule has 3 N–H and O–H groups in total. The number of halogens is 1. The molecule has 38 heavy (non-hydrogen) atoms. The van der Waals surface area contributed by atoms with Gasteiger partial charge in [0.1, 0.15) is 0 Å². The zero-order valence-corrected chi connectivity index (χ0v) is 23.1. The van der Waals surface area contributed by atoms with Crippen LogP contribution in [-0.4, -0.2) is 55.9 Å². The average molecular weight is 619 g/mol. The van der Waals surface area contributed by atoms with Crippen LogP contribution in [0.4, 0.5) is 0 Å². The van der Waals surface area contributed by atoms with Crippen molar-refractivity contribution in [2.75, 3.05) is 0 Å². The summed E-state index contributed by atoms with van der Waals surface area (Å²) in [5, 5.41) is 25.9. The number of nitrogens with zero attached hydrogens (tertiary/aromatic N) is 2. The first-order valence-electron chi connectivity index (χ1n) is 10.3. The van der Waals surface area contributed by atoms with Gasteiger partial charge in [-0.25, -0.2) is 4.79 Å². The highest BCUT2D eigenvalue weighted by atomic mass is 79.9. The predicted octanol–water partition coefficient (Wildman–Crippen LogP) is 3.60. The lowest BCUT2D eigenvalue weighted by atomic mass is 9.82. The number of carboxylic acids is 1. The lowest BCUT2D eigenvalue weighted by Crippen LogP contribution is -2.29. The highest BCUT2D eigenvalue weighted by Crippen LogP contribution is 2.28. The lowest BCUT2D eigenvalue weighted by molar-refractivity contribution is -0.191. The Labute approximate surface area is 233 Å². The van der Waals surface area contributed by atoms with E-state index in [0.29, 0.717) is 15.9 Å². The van der Waals surface area contributed by atoms with Gasteiger partial charge in [0.05, 0.1) is 19.1 Å². The largest absolute Gasteiger partial charge is 0.490 e. The molecule has 0 amide bonds. The summed E-state index contributed by atoms with van der Waals surface area (Å²) in [6.07, 6.45) is 6.12. The van der Waals surface area contributed by atoms with Crippen molar-refractivity contribution in [3.63, 3.8) is 0 Å². The molecule has 196 valence electrons. The van der Waals surface area contributed by atoms with E-state index in [-0.39, 0.29) is 23.3 Å². The quantitative estimate of drug-likeness (QED) is 0.221. The Morgan fingerprint density at radius 2 is 1.50 bits per heavy atom. The summed E-state index contributed by atoms with van der Waals surface area (Å²) in [4.78, 5) is 58.7. The molecule has 0 aliphatic heterocycles. The van der Waals surface area contributed by atoms with Crippen molar-refractivity contribution in [2.24, 2.45) is 0 Å². The monoisotopic (exact) mass is 618 g/mol. The number of hydrogen-bond donors (Lipinski definition) is 3. The van der Waals surface area contributed by atoms with Crippen LogP contribution in [0.1, 0.15) is 43.5 Å². The summed E-state index contributed by atoms with van der Waals surface area (Å²) in [6, 6.07) is 12.0. The zero-order chi connectivity index (χ0) is 28.7. The van der Waals surface area contributed by atoms with E-state index in [1.807, 2.05) is 12.1 Å². The van der Waals surface area contributed by atoms with Crippen LogP contribution in [-0.2, 0) is 9.59 Å². The number of Topliss-reactive ketones (excluding diaryl/α,β-unsaturated/α-hetero) is 2. The van der Waals surface area contributed by atoms with Gasteiger partial charge in [0, 0.05) is 40.7 Å². The number of ketones is 2. The summed E-state index contributed by atoms with van der Waals surface area (Å²) >= 11 is 6.06. The molecule has 10 nitrogen and oxygen atoms in total. The van der Waals surface area contributed by atoms with E-state index in [0.717, 1.165) is 13.5 Å². The Morgan fingerprint density at radius 1 is 0.895 bits per heavy atom. The van der Waals surface area contributed by atoms with E-state index < -0.39 is 13.1 Å². The van der Waals surface area contributed by atoms with Gasteiger partial charge in [-0.2, -0.15) is 9.59 Å². The molecule has 4 aromatic rings. The minimum atomic E-state index is -1.40. The maximum atomic E-state index is 11.2. The van der Waals surface area contributed by atoms with Gasteiger partial charge >= 0.3 is 19.2 Å².